The van der Waals surface area contributed by atoms with Gasteiger partial charge in [-0.05, 0) is 46.7 Å². The van der Waals surface area contributed by atoms with Gasteiger partial charge >= 0.3 is 0 Å². The van der Waals surface area contributed by atoms with Gasteiger partial charge < -0.3 is 15.3 Å². The van der Waals surface area contributed by atoms with E-state index in [0.29, 0.717) is 6.54 Å². The smallest absolute Gasteiger partial charge is 0.0791 e. The summed E-state index contributed by atoms with van der Waals surface area (Å²) in [7, 11) is 0. The molecule has 0 aliphatic rings. The SMILES string of the molecule is CCCCN(CCCC)CC(O)CNC(C)(C)C. The van der Waals surface area contributed by atoms with Crippen LogP contribution in [0.3, 0.4) is 0 Å². The summed E-state index contributed by atoms with van der Waals surface area (Å²) >= 11 is 0. The summed E-state index contributed by atoms with van der Waals surface area (Å²) < 4.78 is 0. The number of hydrogen-bond donors (Lipinski definition) is 2. The molecule has 1 atom stereocenters. The third kappa shape index (κ3) is 11.0. The number of rotatable bonds is 10. The lowest BCUT2D eigenvalue weighted by molar-refractivity contribution is 0.103. The molecule has 0 aliphatic carbocycles. The van der Waals surface area contributed by atoms with Crippen molar-refractivity contribution in [2.45, 2.75) is 71.9 Å². The molecule has 0 radical (unpaired) electrons. The third-order valence-corrected chi connectivity index (χ3v) is 2.99. The van der Waals surface area contributed by atoms with E-state index < -0.39 is 0 Å². The van der Waals surface area contributed by atoms with E-state index in [2.05, 4.69) is 44.8 Å². The van der Waals surface area contributed by atoms with Crippen molar-refractivity contribution in [1.82, 2.24) is 10.2 Å². The minimum atomic E-state index is -0.266. The molecule has 1 unspecified atom stereocenters. The third-order valence-electron chi connectivity index (χ3n) is 2.99. The minimum absolute atomic E-state index is 0.0820. The summed E-state index contributed by atoms with van der Waals surface area (Å²) in [5.74, 6) is 0. The van der Waals surface area contributed by atoms with Crippen molar-refractivity contribution in [3.05, 3.63) is 0 Å². The van der Waals surface area contributed by atoms with Crippen molar-refractivity contribution < 1.29 is 5.11 Å². The van der Waals surface area contributed by atoms with Crippen LogP contribution in [0, 0.1) is 0 Å². The van der Waals surface area contributed by atoms with Crippen LogP contribution in [-0.4, -0.2) is 47.8 Å². The zero-order valence-electron chi connectivity index (χ0n) is 13.1. The average molecular weight is 258 g/mol. The van der Waals surface area contributed by atoms with Crippen LogP contribution in [0.2, 0.25) is 0 Å². The Labute approximate surface area is 114 Å². The van der Waals surface area contributed by atoms with Crippen LogP contribution in [0.15, 0.2) is 0 Å². The maximum absolute atomic E-state index is 10.1. The van der Waals surface area contributed by atoms with E-state index >= 15 is 0 Å². The zero-order valence-corrected chi connectivity index (χ0v) is 13.1. The van der Waals surface area contributed by atoms with Gasteiger partial charge in [0.05, 0.1) is 6.10 Å². The van der Waals surface area contributed by atoms with Crippen LogP contribution >= 0.6 is 0 Å². The Hall–Kier alpha value is -0.120. The molecule has 0 aromatic carbocycles. The van der Waals surface area contributed by atoms with E-state index in [1.807, 2.05) is 0 Å². The zero-order chi connectivity index (χ0) is 14.0. The molecule has 0 aromatic heterocycles. The Kier molecular flexibility index (Phi) is 9.70. The van der Waals surface area contributed by atoms with Crippen molar-refractivity contribution >= 4 is 0 Å². The predicted molar refractivity (Wildman–Crippen MR) is 80.0 cm³/mol. The van der Waals surface area contributed by atoms with Crippen LogP contribution in [-0.2, 0) is 0 Å². The van der Waals surface area contributed by atoms with E-state index in [0.717, 1.165) is 19.6 Å². The standard InChI is InChI=1S/C15H34N2O/c1-6-8-10-17(11-9-7-2)13-14(18)12-16-15(3,4)5/h14,16,18H,6-13H2,1-5H3. The van der Waals surface area contributed by atoms with Crippen molar-refractivity contribution in [2.75, 3.05) is 26.2 Å². The summed E-state index contributed by atoms with van der Waals surface area (Å²) in [5.41, 5.74) is 0.0820. The molecule has 0 rings (SSSR count). The molecule has 0 spiro atoms. The molecule has 0 aromatic rings. The van der Waals surface area contributed by atoms with Crippen LogP contribution in [0.25, 0.3) is 0 Å². The van der Waals surface area contributed by atoms with E-state index in [1.165, 1.54) is 25.7 Å². The Balaban J connectivity index is 3.96. The minimum Gasteiger partial charge on any atom is -0.390 e. The van der Waals surface area contributed by atoms with Gasteiger partial charge in [0.15, 0.2) is 0 Å². The van der Waals surface area contributed by atoms with Gasteiger partial charge in [-0.2, -0.15) is 0 Å². The van der Waals surface area contributed by atoms with Gasteiger partial charge in [-0.25, -0.2) is 0 Å². The molecule has 2 N–H and O–H groups in total. The van der Waals surface area contributed by atoms with Gasteiger partial charge in [0, 0.05) is 18.6 Å². The molecule has 18 heavy (non-hydrogen) atoms. The highest BCUT2D eigenvalue weighted by molar-refractivity contribution is 4.74. The quantitative estimate of drug-likeness (QED) is 0.632. The largest absolute Gasteiger partial charge is 0.390 e. The highest BCUT2D eigenvalue weighted by atomic mass is 16.3. The first-order chi connectivity index (χ1) is 8.39. The van der Waals surface area contributed by atoms with Crippen molar-refractivity contribution in [3.8, 4) is 0 Å². The molecule has 110 valence electrons. The highest BCUT2D eigenvalue weighted by Crippen LogP contribution is 2.03. The summed E-state index contributed by atoms with van der Waals surface area (Å²) in [4.78, 5) is 2.40. The van der Waals surface area contributed by atoms with Crippen molar-refractivity contribution in [2.24, 2.45) is 0 Å². The molecular weight excluding hydrogens is 224 g/mol. The Morgan fingerprint density at radius 3 is 1.94 bits per heavy atom. The number of hydrogen-bond acceptors (Lipinski definition) is 3. The molecule has 0 saturated heterocycles. The van der Waals surface area contributed by atoms with E-state index in [1.54, 1.807) is 0 Å². The van der Waals surface area contributed by atoms with Crippen molar-refractivity contribution in [3.63, 3.8) is 0 Å². The fraction of sp³-hybridized carbons (Fsp3) is 1.00. The lowest BCUT2D eigenvalue weighted by Gasteiger charge is -2.27. The molecule has 0 bridgehead atoms. The van der Waals surface area contributed by atoms with E-state index in [4.69, 9.17) is 0 Å². The lowest BCUT2D eigenvalue weighted by Crippen LogP contribution is -2.45. The van der Waals surface area contributed by atoms with Crippen LogP contribution in [0.1, 0.15) is 60.3 Å². The average Bonchev–Trinajstić information content (AvgIpc) is 2.29. The molecule has 0 heterocycles. The van der Waals surface area contributed by atoms with Gasteiger partial charge in [0.2, 0.25) is 0 Å². The van der Waals surface area contributed by atoms with Crippen LogP contribution in [0.4, 0.5) is 0 Å². The molecule has 3 heteroatoms. The second-order valence-corrected chi connectivity index (χ2v) is 6.29. The topological polar surface area (TPSA) is 35.5 Å². The maximum Gasteiger partial charge on any atom is 0.0791 e. The second-order valence-electron chi connectivity index (χ2n) is 6.29. The monoisotopic (exact) mass is 258 g/mol. The summed E-state index contributed by atoms with van der Waals surface area (Å²) in [5, 5.41) is 13.4. The van der Waals surface area contributed by atoms with Gasteiger partial charge in [0.25, 0.3) is 0 Å². The maximum atomic E-state index is 10.1. The summed E-state index contributed by atoms with van der Waals surface area (Å²) in [6, 6.07) is 0. The number of unbranched alkanes of at least 4 members (excludes halogenated alkanes) is 2. The van der Waals surface area contributed by atoms with E-state index in [9.17, 15) is 5.11 Å². The predicted octanol–water partition coefficient (Wildman–Crippen LogP) is 2.64. The highest BCUT2D eigenvalue weighted by Gasteiger charge is 2.14. The fourth-order valence-corrected chi connectivity index (χ4v) is 1.84. The number of aliphatic hydroxyl groups excluding tert-OH is 1. The van der Waals surface area contributed by atoms with Gasteiger partial charge in [-0.1, -0.05) is 26.7 Å². The van der Waals surface area contributed by atoms with Crippen molar-refractivity contribution in [1.29, 1.82) is 0 Å². The van der Waals surface area contributed by atoms with E-state index in [-0.39, 0.29) is 11.6 Å². The van der Waals surface area contributed by atoms with Gasteiger partial charge in [0.1, 0.15) is 0 Å². The number of nitrogens with zero attached hydrogens (tertiary/aromatic N) is 1. The number of β-amino-alcohol motifs (C(OH)–C–C–N with tert-alkyl or cyclic N) is 1. The second kappa shape index (κ2) is 9.76. The first kappa shape index (κ1) is 17.9. The van der Waals surface area contributed by atoms with Crippen LogP contribution in [0.5, 0.6) is 0 Å². The molecule has 0 amide bonds. The number of aliphatic hydroxyl groups is 1. The summed E-state index contributed by atoms with van der Waals surface area (Å²) in [6.45, 7) is 14.5. The molecule has 0 aliphatic heterocycles. The fourth-order valence-electron chi connectivity index (χ4n) is 1.84. The van der Waals surface area contributed by atoms with Gasteiger partial charge in [-0.3, -0.25) is 0 Å². The Morgan fingerprint density at radius 1 is 1.06 bits per heavy atom. The molecule has 0 fully saturated rings. The summed E-state index contributed by atoms with van der Waals surface area (Å²) in [6.07, 6.45) is 4.63. The lowest BCUT2D eigenvalue weighted by atomic mass is 10.1. The Morgan fingerprint density at radius 2 is 1.56 bits per heavy atom. The first-order valence-electron chi connectivity index (χ1n) is 7.54. The first-order valence-corrected chi connectivity index (χ1v) is 7.54. The van der Waals surface area contributed by atoms with Crippen LogP contribution < -0.4 is 5.32 Å². The normalized spacial score (nSPS) is 14.2. The molecule has 0 saturated carbocycles. The number of nitrogens with one attached hydrogen (secondary N) is 1. The Bertz CT molecular complexity index is 181. The van der Waals surface area contributed by atoms with Gasteiger partial charge in [-0.15, -0.1) is 0 Å². The molecular formula is C15H34N2O. The molecule has 3 nitrogen and oxygen atoms in total.